The van der Waals surface area contributed by atoms with Crippen LogP contribution in [0.3, 0.4) is 0 Å². The van der Waals surface area contributed by atoms with Crippen LogP contribution in [0.4, 0.5) is 0 Å². The second-order valence-corrected chi connectivity index (χ2v) is 9.10. The average Bonchev–Trinajstić information content (AvgIpc) is 3.45. The van der Waals surface area contributed by atoms with E-state index in [-0.39, 0.29) is 23.1 Å². The summed E-state index contributed by atoms with van der Waals surface area (Å²) in [5.41, 5.74) is 2.68. The number of fused-ring (bicyclic) bond motifs is 3. The monoisotopic (exact) mass is 515 g/mol. The van der Waals surface area contributed by atoms with Gasteiger partial charge in [0.25, 0.3) is 17.7 Å². The molecule has 9 heteroatoms. The molecule has 2 N–H and O–H groups in total. The fourth-order valence-corrected chi connectivity index (χ4v) is 5.56. The Labute approximate surface area is 197 Å². The summed E-state index contributed by atoms with van der Waals surface area (Å²) in [7, 11) is 1.76. The quantitative estimate of drug-likeness (QED) is 0.512. The van der Waals surface area contributed by atoms with Gasteiger partial charge in [0.2, 0.25) is 0 Å². The fraction of sp³-hybridized carbons (Fsp3) is 0.261. The SMILES string of the molecule is Cn1c(C(=O)NCC2CCCO2)c(Br)c2c3c(c(-c4ccccc4Cl)cc21)C(=O)NC3=O. The molecule has 2 aliphatic rings. The fourth-order valence-electron chi connectivity index (χ4n) is 4.47. The van der Waals surface area contributed by atoms with Crippen LogP contribution in [0.25, 0.3) is 22.0 Å². The van der Waals surface area contributed by atoms with Crippen LogP contribution in [-0.4, -0.2) is 41.5 Å². The number of hydrogen-bond acceptors (Lipinski definition) is 4. The number of nitrogens with one attached hydrogen (secondary N) is 2. The van der Waals surface area contributed by atoms with Gasteiger partial charge >= 0.3 is 0 Å². The van der Waals surface area contributed by atoms with Gasteiger partial charge < -0.3 is 14.6 Å². The summed E-state index contributed by atoms with van der Waals surface area (Å²) in [6.45, 7) is 1.12. The van der Waals surface area contributed by atoms with Gasteiger partial charge in [0.15, 0.2) is 0 Å². The molecule has 1 atom stereocenters. The van der Waals surface area contributed by atoms with Crippen molar-refractivity contribution >= 4 is 56.2 Å². The molecule has 0 radical (unpaired) electrons. The topological polar surface area (TPSA) is 89.4 Å². The molecule has 1 fully saturated rings. The molecule has 2 aromatic carbocycles. The number of carbonyl (C=O) groups is 3. The van der Waals surface area contributed by atoms with Crippen molar-refractivity contribution in [3.05, 3.63) is 56.6 Å². The van der Waals surface area contributed by atoms with Gasteiger partial charge in [-0.3, -0.25) is 19.7 Å². The van der Waals surface area contributed by atoms with Crippen LogP contribution in [0.5, 0.6) is 0 Å². The van der Waals surface area contributed by atoms with Gasteiger partial charge in [0.05, 0.1) is 27.2 Å². The first kappa shape index (κ1) is 21.2. The van der Waals surface area contributed by atoms with Gasteiger partial charge in [-0.25, -0.2) is 0 Å². The van der Waals surface area contributed by atoms with E-state index in [4.69, 9.17) is 16.3 Å². The van der Waals surface area contributed by atoms with Crippen LogP contribution in [0.15, 0.2) is 34.8 Å². The van der Waals surface area contributed by atoms with Gasteiger partial charge in [-0.05, 0) is 46.5 Å². The lowest BCUT2D eigenvalue weighted by atomic mass is 9.94. The number of nitrogens with zero attached hydrogens (tertiary/aromatic N) is 1. The number of imide groups is 1. The van der Waals surface area contributed by atoms with Gasteiger partial charge in [-0.15, -0.1) is 0 Å². The molecule has 3 heterocycles. The van der Waals surface area contributed by atoms with E-state index in [1.807, 2.05) is 6.07 Å². The van der Waals surface area contributed by atoms with Gasteiger partial charge in [-0.1, -0.05) is 29.8 Å². The highest BCUT2D eigenvalue weighted by molar-refractivity contribution is 9.10. The molecule has 1 unspecified atom stereocenters. The van der Waals surface area contributed by atoms with E-state index in [0.29, 0.717) is 50.4 Å². The van der Waals surface area contributed by atoms with Crippen molar-refractivity contribution in [2.45, 2.75) is 18.9 Å². The van der Waals surface area contributed by atoms with Crippen molar-refractivity contribution < 1.29 is 19.1 Å². The zero-order chi connectivity index (χ0) is 22.6. The van der Waals surface area contributed by atoms with Crippen LogP contribution in [-0.2, 0) is 11.8 Å². The van der Waals surface area contributed by atoms with Crippen LogP contribution in [0, 0.1) is 0 Å². The molecule has 0 aliphatic carbocycles. The maximum Gasteiger partial charge on any atom is 0.269 e. The van der Waals surface area contributed by atoms with Crippen molar-refractivity contribution in [1.29, 1.82) is 0 Å². The number of carbonyl (C=O) groups excluding carboxylic acids is 3. The summed E-state index contributed by atoms with van der Waals surface area (Å²) in [6.07, 6.45) is 1.90. The van der Waals surface area contributed by atoms with Crippen molar-refractivity contribution in [1.82, 2.24) is 15.2 Å². The van der Waals surface area contributed by atoms with Crippen molar-refractivity contribution in [2.24, 2.45) is 7.05 Å². The lowest BCUT2D eigenvalue weighted by Crippen LogP contribution is -2.33. The Balaban J connectivity index is 1.69. The molecule has 5 rings (SSSR count). The van der Waals surface area contributed by atoms with E-state index in [0.717, 1.165) is 12.8 Å². The molecular formula is C23H19BrClN3O4. The molecule has 0 spiro atoms. The van der Waals surface area contributed by atoms with Crippen LogP contribution in [0.2, 0.25) is 5.02 Å². The molecule has 7 nitrogen and oxygen atoms in total. The first-order valence-electron chi connectivity index (χ1n) is 10.2. The number of amides is 3. The normalized spacial score (nSPS) is 17.7. The Kier molecular flexibility index (Phi) is 5.31. The standard InChI is InChI=1S/C23H19BrClN3O4/c1-28-15-9-13(12-6-2-3-7-14(12)25)16-18(22(30)27-21(16)29)17(15)19(24)20(28)23(31)26-10-11-5-4-8-32-11/h2-3,6-7,9,11H,4-5,8,10H2,1H3,(H,26,31)(H,27,29,30). The summed E-state index contributed by atoms with van der Waals surface area (Å²) in [5, 5.41) is 6.29. The largest absolute Gasteiger partial charge is 0.376 e. The highest BCUT2D eigenvalue weighted by Crippen LogP contribution is 2.42. The van der Waals surface area contributed by atoms with E-state index < -0.39 is 11.8 Å². The highest BCUT2D eigenvalue weighted by atomic mass is 79.9. The second kappa shape index (κ2) is 8.03. The Morgan fingerprint density at radius 1 is 1.25 bits per heavy atom. The Morgan fingerprint density at radius 3 is 2.72 bits per heavy atom. The van der Waals surface area contributed by atoms with Crippen molar-refractivity contribution in [2.75, 3.05) is 13.2 Å². The first-order chi connectivity index (χ1) is 15.4. The predicted octanol–water partition coefficient (Wildman–Crippen LogP) is 4.05. The molecule has 3 aromatic rings. The second-order valence-electron chi connectivity index (χ2n) is 7.90. The van der Waals surface area contributed by atoms with Crippen LogP contribution >= 0.6 is 27.5 Å². The number of aryl methyl sites for hydroxylation is 1. The van der Waals surface area contributed by atoms with E-state index in [1.54, 1.807) is 35.9 Å². The van der Waals surface area contributed by atoms with E-state index in [9.17, 15) is 14.4 Å². The maximum atomic E-state index is 13.1. The molecule has 0 saturated carbocycles. The number of benzene rings is 2. The molecule has 2 aliphatic heterocycles. The Morgan fingerprint density at radius 2 is 2.00 bits per heavy atom. The van der Waals surface area contributed by atoms with E-state index >= 15 is 0 Å². The lowest BCUT2D eigenvalue weighted by molar-refractivity contribution is 0.0848. The molecular weight excluding hydrogens is 498 g/mol. The minimum absolute atomic E-state index is 0.00637. The van der Waals surface area contributed by atoms with Crippen LogP contribution < -0.4 is 10.6 Å². The van der Waals surface area contributed by atoms with E-state index in [1.165, 1.54) is 0 Å². The Bertz CT molecular complexity index is 1310. The zero-order valence-electron chi connectivity index (χ0n) is 17.1. The number of halogens is 2. The summed E-state index contributed by atoms with van der Waals surface area (Å²) in [5.74, 6) is -1.27. The molecule has 164 valence electrons. The molecule has 0 bridgehead atoms. The summed E-state index contributed by atoms with van der Waals surface area (Å²) in [4.78, 5) is 38.6. The van der Waals surface area contributed by atoms with Gasteiger partial charge in [0.1, 0.15) is 5.69 Å². The number of aromatic nitrogens is 1. The molecule has 3 amide bonds. The minimum atomic E-state index is -0.499. The summed E-state index contributed by atoms with van der Waals surface area (Å²) < 4.78 is 7.77. The Hall–Kier alpha value is -2.68. The maximum absolute atomic E-state index is 13.1. The van der Waals surface area contributed by atoms with E-state index in [2.05, 4.69) is 26.6 Å². The number of hydrogen-bond donors (Lipinski definition) is 2. The van der Waals surface area contributed by atoms with Crippen molar-refractivity contribution in [3.63, 3.8) is 0 Å². The molecule has 1 aromatic heterocycles. The number of rotatable bonds is 4. The number of ether oxygens (including phenoxy) is 1. The third kappa shape index (κ3) is 3.25. The van der Waals surface area contributed by atoms with Gasteiger partial charge in [-0.2, -0.15) is 0 Å². The predicted molar refractivity (Wildman–Crippen MR) is 124 cm³/mol. The molecule has 32 heavy (non-hydrogen) atoms. The third-order valence-corrected chi connectivity index (χ3v) is 7.11. The average molecular weight is 517 g/mol. The first-order valence-corrected chi connectivity index (χ1v) is 11.4. The summed E-state index contributed by atoms with van der Waals surface area (Å²) >= 11 is 9.94. The zero-order valence-corrected chi connectivity index (χ0v) is 19.5. The minimum Gasteiger partial charge on any atom is -0.376 e. The van der Waals surface area contributed by atoms with Crippen molar-refractivity contribution in [3.8, 4) is 11.1 Å². The summed E-state index contributed by atoms with van der Waals surface area (Å²) in [6, 6.07) is 8.94. The van der Waals surface area contributed by atoms with Crippen LogP contribution in [0.1, 0.15) is 44.0 Å². The third-order valence-electron chi connectivity index (χ3n) is 6.01. The highest BCUT2D eigenvalue weighted by Gasteiger charge is 2.36. The lowest BCUT2D eigenvalue weighted by Gasteiger charge is -2.12. The van der Waals surface area contributed by atoms with Gasteiger partial charge in [0, 0.05) is 36.2 Å². The smallest absolute Gasteiger partial charge is 0.269 e. The molecule has 1 saturated heterocycles.